The van der Waals surface area contributed by atoms with E-state index in [2.05, 4.69) is 62.4 Å². The van der Waals surface area contributed by atoms with E-state index >= 15 is 0 Å². The van der Waals surface area contributed by atoms with E-state index in [0.717, 1.165) is 0 Å². The van der Waals surface area contributed by atoms with Crippen LogP contribution in [0.4, 0.5) is 0 Å². The first-order chi connectivity index (χ1) is 9.24. The van der Waals surface area contributed by atoms with Crippen molar-refractivity contribution in [2.45, 2.75) is 13.8 Å². The first-order valence-electron chi connectivity index (χ1n) is 6.55. The second-order valence-corrected chi connectivity index (χ2v) is 6.26. The number of fused-ring (bicyclic) bond motifs is 4. The highest BCUT2D eigenvalue weighted by Gasteiger charge is 2.09. The van der Waals surface area contributed by atoms with Crippen molar-refractivity contribution in [2.75, 3.05) is 0 Å². The summed E-state index contributed by atoms with van der Waals surface area (Å²) < 4.78 is 2.79. The minimum absolute atomic E-state index is 1.33. The summed E-state index contributed by atoms with van der Waals surface area (Å²) in [5.41, 5.74) is 2.79. The summed E-state index contributed by atoms with van der Waals surface area (Å²) in [6.45, 7) is 4.43. The lowest BCUT2D eigenvalue weighted by molar-refractivity contribution is 1.39. The van der Waals surface area contributed by atoms with Crippen LogP contribution in [-0.2, 0) is 0 Å². The first-order valence-corrected chi connectivity index (χ1v) is 7.37. The molecule has 0 fully saturated rings. The summed E-state index contributed by atoms with van der Waals surface area (Å²) in [7, 11) is 0. The van der Waals surface area contributed by atoms with Gasteiger partial charge in [0, 0.05) is 20.2 Å². The summed E-state index contributed by atoms with van der Waals surface area (Å²) in [5.74, 6) is 0. The van der Waals surface area contributed by atoms with Gasteiger partial charge in [-0.3, -0.25) is 0 Å². The molecular formula is C18H14S. The lowest BCUT2D eigenvalue weighted by Gasteiger charge is -2.03. The van der Waals surface area contributed by atoms with Gasteiger partial charge in [-0.05, 0) is 53.9 Å². The SMILES string of the molecule is Cc1ccc2sc3cc4ccccc4cc3c2c1C. The van der Waals surface area contributed by atoms with Crippen LogP contribution in [0.15, 0.2) is 48.5 Å². The monoisotopic (exact) mass is 262 g/mol. The van der Waals surface area contributed by atoms with Gasteiger partial charge in [-0.2, -0.15) is 0 Å². The van der Waals surface area contributed by atoms with Crippen LogP contribution in [0.2, 0.25) is 0 Å². The van der Waals surface area contributed by atoms with E-state index in [-0.39, 0.29) is 0 Å². The lowest BCUT2D eigenvalue weighted by Crippen LogP contribution is -1.80. The maximum Gasteiger partial charge on any atom is 0.0361 e. The van der Waals surface area contributed by atoms with E-state index in [0.29, 0.717) is 0 Å². The molecule has 0 atom stereocenters. The Morgan fingerprint density at radius 1 is 0.789 bits per heavy atom. The summed E-state index contributed by atoms with van der Waals surface area (Å²) in [6.07, 6.45) is 0. The van der Waals surface area contributed by atoms with Crippen molar-refractivity contribution in [3.8, 4) is 0 Å². The molecule has 4 rings (SSSR count). The van der Waals surface area contributed by atoms with Crippen molar-refractivity contribution >= 4 is 42.3 Å². The van der Waals surface area contributed by atoms with Gasteiger partial charge in [0.2, 0.25) is 0 Å². The Balaban J connectivity index is 2.28. The highest BCUT2D eigenvalue weighted by molar-refractivity contribution is 7.25. The Labute approximate surface area is 116 Å². The molecule has 0 amide bonds. The molecule has 0 saturated heterocycles. The van der Waals surface area contributed by atoms with Crippen molar-refractivity contribution in [3.63, 3.8) is 0 Å². The number of benzene rings is 3. The molecule has 19 heavy (non-hydrogen) atoms. The van der Waals surface area contributed by atoms with Crippen LogP contribution in [0, 0.1) is 13.8 Å². The zero-order valence-electron chi connectivity index (χ0n) is 11.0. The fourth-order valence-electron chi connectivity index (χ4n) is 2.83. The van der Waals surface area contributed by atoms with Gasteiger partial charge in [0.1, 0.15) is 0 Å². The number of rotatable bonds is 0. The van der Waals surface area contributed by atoms with Crippen molar-refractivity contribution < 1.29 is 0 Å². The molecule has 1 heteroatoms. The van der Waals surface area contributed by atoms with Crippen LogP contribution >= 0.6 is 11.3 Å². The van der Waals surface area contributed by atoms with Crippen molar-refractivity contribution in [1.29, 1.82) is 0 Å². The van der Waals surface area contributed by atoms with Gasteiger partial charge in [0.15, 0.2) is 0 Å². The standard InChI is InChI=1S/C18H14S/c1-11-7-8-16-18(12(11)2)15-9-13-5-3-4-6-14(13)10-17(15)19-16/h3-10H,1-2H3. The largest absolute Gasteiger partial charge is 0.135 e. The van der Waals surface area contributed by atoms with Crippen LogP contribution in [0.3, 0.4) is 0 Å². The molecule has 92 valence electrons. The first kappa shape index (κ1) is 11.0. The highest BCUT2D eigenvalue weighted by atomic mass is 32.1. The van der Waals surface area contributed by atoms with E-state index in [9.17, 15) is 0 Å². The van der Waals surface area contributed by atoms with Crippen LogP contribution in [-0.4, -0.2) is 0 Å². The van der Waals surface area contributed by atoms with Crippen LogP contribution in [0.25, 0.3) is 30.9 Å². The van der Waals surface area contributed by atoms with Gasteiger partial charge in [0.25, 0.3) is 0 Å². The molecule has 0 saturated carbocycles. The maximum absolute atomic E-state index is 2.34. The van der Waals surface area contributed by atoms with Crippen molar-refractivity contribution in [1.82, 2.24) is 0 Å². The summed E-state index contributed by atoms with van der Waals surface area (Å²) in [5, 5.41) is 5.50. The van der Waals surface area contributed by atoms with Crippen LogP contribution in [0.1, 0.15) is 11.1 Å². The van der Waals surface area contributed by atoms with Crippen molar-refractivity contribution in [3.05, 3.63) is 59.7 Å². The fourth-order valence-corrected chi connectivity index (χ4v) is 4.02. The third-order valence-corrected chi connectivity index (χ3v) is 5.15. The lowest BCUT2D eigenvalue weighted by atomic mass is 10.0. The summed E-state index contributed by atoms with van der Waals surface area (Å²) in [6, 6.07) is 17.8. The number of thiophene rings is 1. The fraction of sp³-hybridized carbons (Fsp3) is 0.111. The smallest absolute Gasteiger partial charge is 0.0361 e. The zero-order chi connectivity index (χ0) is 13.0. The molecule has 1 aromatic heterocycles. The minimum Gasteiger partial charge on any atom is -0.135 e. The summed E-state index contributed by atoms with van der Waals surface area (Å²) in [4.78, 5) is 0. The zero-order valence-corrected chi connectivity index (χ0v) is 11.8. The Hall–Kier alpha value is -1.86. The maximum atomic E-state index is 2.34. The molecule has 0 bridgehead atoms. The molecule has 0 N–H and O–H groups in total. The minimum atomic E-state index is 1.33. The van der Waals surface area contributed by atoms with Gasteiger partial charge in [-0.25, -0.2) is 0 Å². The van der Waals surface area contributed by atoms with Crippen LogP contribution in [0.5, 0.6) is 0 Å². The quantitative estimate of drug-likeness (QED) is 0.374. The van der Waals surface area contributed by atoms with E-state index in [1.165, 1.54) is 42.1 Å². The predicted octanol–water partition coefficient (Wildman–Crippen LogP) is 5.82. The van der Waals surface area contributed by atoms with Gasteiger partial charge < -0.3 is 0 Å². The molecule has 0 aliphatic heterocycles. The van der Waals surface area contributed by atoms with Gasteiger partial charge >= 0.3 is 0 Å². The third-order valence-electron chi connectivity index (χ3n) is 4.03. The molecule has 0 unspecified atom stereocenters. The summed E-state index contributed by atoms with van der Waals surface area (Å²) >= 11 is 1.90. The van der Waals surface area contributed by atoms with E-state index in [4.69, 9.17) is 0 Å². The second kappa shape index (κ2) is 3.82. The highest BCUT2D eigenvalue weighted by Crippen LogP contribution is 2.38. The Morgan fingerprint density at radius 2 is 1.53 bits per heavy atom. The van der Waals surface area contributed by atoms with Crippen molar-refractivity contribution in [2.24, 2.45) is 0 Å². The Bertz CT molecular complexity index is 929. The number of hydrogen-bond donors (Lipinski definition) is 0. The molecule has 0 radical (unpaired) electrons. The van der Waals surface area contributed by atoms with Gasteiger partial charge in [-0.15, -0.1) is 11.3 Å². The molecular weight excluding hydrogens is 248 g/mol. The van der Waals surface area contributed by atoms with E-state index in [1.807, 2.05) is 11.3 Å². The van der Waals surface area contributed by atoms with Gasteiger partial charge in [-0.1, -0.05) is 30.3 Å². The van der Waals surface area contributed by atoms with E-state index in [1.54, 1.807) is 0 Å². The average Bonchev–Trinajstić information content (AvgIpc) is 2.78. The Kier molecular flexibility index (Phi) is 2.21. The predicted molar refractivity (Wildman–Crippen MR) is 86.3 cm³/mol. The third kappa shape index (κ3) is 1.52. The number of aryl methyl sites for hydroxylation is 2. The Morgan fingerprint density at radius 3 is 2.32 bits per heavy atom. The molecule has 4 aromatic rings. The average molecular weight is 262 g/mol. The molecule has 0 spiro atoms. The molecule has 1 heterocycles. The van der Waals surface area contributed by atoms with Gasteiger partial charge in [0.05, 0.1) is 0 Å². The number of hydrogen-bond acceptors (Lipinski definition) is 1. The molecule has 0 aliphatic carbocycles. The molecule has 3 aromatic carbocycles. The van der Waals surface area contributed by atoms with Crippen LogP contribution < -0.4 is 0 Å². The molecule has 0 aliphatic rings. The van der Waals surface area contributed by atoms with E-state index < -0.39 is 0 Å². The second-order valence-electron chi connectivity index (χ2n) is 5.18. The topological polar surface area (TPSA) is 0 Å². The molecule has 0 nitrogen and oxygen atoms in total. The normalized spacial score (nSPS) is 11.7.